The van der Waals surface area contributed by atoms with Gasteiger partial charge in [-0.2, -0.15) is 0 Å². The summed E-state index contributed by atoms with van der Waals surface area (Å²) in [5.41, 5.74) is 7.23. The molecule has 128 valence electrons. The number of benzene rings is 1. The second kappa shape index (κ2) is 8.47. The Bertz CT molecular complexity index is 661. The Morgan fingerprint density at radius 2 is 2.00 bits per heavy atom. The van der Waals surface area contributed by atoms with E-state index in [-0.39, 0.29) is 0 Å². The van der Waals surface area contributed by atoms with Crippen LogP contribution in [0.2, 0.25) is 0 Å². The Morgan fingerprint density at radius 1 is 1.12 bits per heavy atom. The van der Waals surface area contributed by atoms with Crippen molar-refractivity contribution < 1.29 is 0 Å². The van der Waals surface area contributed by atoms with Crippen LogP contribution in [0.15, 0.2) is 35.3 Å². The summed E-state index contributed by atoms with van der Waals surface area (Å²) in [5.74, 6) is 2.66. The summed E-state index contributed by atoms with van der Waals surface area (Å²) in [6.07, 6.45) is 6.47. The summed E-state index contributed by atoms with van der Waals surface area (Å²) < 4.78 is 2.27. The minimum Gasteiger partial charge on any atom is -0.370 e. The molecule has 6 nitrogen and oxygen atoms in total. The van der Waals surface area contributed by atoms with Gasteiger partial charge in [-0.1, -0.05) is 36.8 Å². The first-order valence-electron chi connectivity index (χ1n) is 8.81. The molecule has 6 heteroatoms. The van der Waals surface area contributed by atoms with E-state index >= 15 is 0 Å². The summed E-state index contributed by atoms with van der Waals surface area (Å²) in [6.45, 7) is 2.47. The van der Waals surface area contributed by atoms with Gasteiger partial charge in [-0.15, -0.1) is 10.2 Å². The van der Waals surface area contributed by atoms with Gasteiger partial charge in [0.15, 0.2) is 5.96 Å². The first-order valence-corrected chi connectivity index (χ1v) is 8.81. The lowest BCUT2D eigenvalue weighted by molar-refractivity contribution is 0.604. The fourth-order valence-electron chi connectivity index (χ4n) is 3.04. The van der Waals surface area contributed by atoms with Crippen LogP contribution in [0.4, 0.5) is 0 Å². The Hall–Kier alpha value is -2.37. The standard InChI is InChI=1S/C18H26N6/c19-18(20-12-10-15-7-3-1-4-8-15)21-13-11-17-23-22-16-9-5-2-6-14-24(16)17/h1,3-4,7-8H,2,5-6,9-14H2,(H3,19,20,21). The van der Waals surface area contributed by atoms with Crippen molar-refractivity contribution in [3.8, 4) is 0 Å². The van der Waals surface area contributed by atoms with Gasteiger partial charge in [0.05, 0.1) is 0 Å². The number of nitrogens with zero attached hydrogens (tertiary/aromatic N) is 4. The van der Waals surface area contributed by atoms with Crippen LogP contribution in [0.1, 0.15) is 36.5 Å². The van der Waals surface area contributed by atoms with Crippen molar-refractivity contribution >= 4 is 5.96 Å². The third-order valence-corrected chi connectivity index (χ3v) is 4.37. The van der Waals surface area contributed by atoms with Crippen LogP contribution in [0.5, 0.6) is 0 Å². The average Bonchev–Trinajstić information content (AvgIpc) is 2.83. The zero-order chi connectivity index (χ0) is 16.6. The fourth-order valence-corrected chi connectivity index (χ4v) is 3.04. The topological polar surface area (TPSA) is 81.1 Å². The summed E-state index contributed by atoms with van der Waals surface area (Å²) in [6, 6.07) is 10.4. The Balaban J connectivity index is 1.43. The van der Waals surface area contributed by atoms with Crippen LogP contribution in [0, 0.1) is 0 Å². The molecule has 0 fully saturated rings. The molecule has 0 radical (unpaired) electrons. The SMILES string of the molecule is NC(=NCCc1nnc2n1CCCCC2)NCCc1ccccc1. The predicted octanol–water partition coefficient (Wildman–Crippen LogP) is 1.69. The molecule has 1 aliphatic rings. The molecule has 0 saturated heterocycles. The fraction of sp³-hybridized carbons (Fsp3) is 0.500. The summed E-state index contributed by atoms with van der Waals surface area (Å²) in [4.78, 5) is 4.40. The summed E-state index contributed by atoms with van der Waals surface area (Å²) >= 11 is 0. The van der Waals surface area contributed by atoms with Gasteiger partial charge >= 0.3 is 0 Å². The van der Waals surface area contributed by atoms with Crippen LogP contribution >= 0.6 is 0 Å². The number of fused-ring (bicyclic) bond motifs is 1. The van der Waals surface area contributed by atoms with Gasteiger partial charge in [0.1, 0.15) is 11.6 Å². The van der Waals surface area contributed by atoms with Crippen molar-refractivity contribution in [1.82, 2.24) is 20.1 Å². The summed E-state index contributed by atoms with van der Waals surface area (Å²) in [7, 11) is 0. The molecule has 3 N–H and O–H groups in total. The van der Waals surface area contributed by atoms with Crippen molar-refractivity contribution in [2.45, 2.75) is 45.1 Å². The number of nitrogens with one attached hydrogen (secondary N) is 1. The molecule has 2 heterocycles. The number of aromatic nitrogens is 3. The van der Waals surface area contributed by atoms with Crippen LogP contribution in [-0.2, 0) is 25.8 Å². The maximum Gasteiger partial charge on any atom is 0.188 e. The van der Waals surface area contributed by atoms with Crippen LogP contribution in [0.25, 0.3) is 0 Å². The van der Waals surface area contributed by atoms with Crippen molar-refractivity contribution in [3.63, 3.8) is 0 Å². The molecular formula is C18H26N6. The van der Waals surface area contributed by atoms with E-state index < -0.39 is 0 Å². The van der Waals surface area contributed by atoms with E-state index in [1.807, 2.05) is 18.2 Å². The third-order valence-electron chi connectivity index (χ3n) is 4.37. The van der Waals surface area contributed by atoms with Crippen LogP contribution < -0.4 is 11.1 Å². The van der Waals surface area contributed by atoms with E-state index in [0.29, 0.717) is 12.5 Å². The van der Waals surface area contributed by atoms with Gasteiger partial charge in [0, 0.05) is 32.5 Å². The minimum atomic E-state index is 0.501. The van der Waals surface area contributed by atoms with E-state index in [4.69, 9.17) is 5.73 Å². The monoisotopic (exact) mass is 326 g/mol. The summed E-state index contributed by atoms with van der Waals surface area (Å²) in [5, 5.41) is 11.8. The van der Waals surface area contributed by atoms with Crippen molar-refractivity contribution in [3.05, 3.63) is 47.5 Å². The predicted molar refractivity (Wildman–Crippen MR) is 95.9 cm³/mol. The van der Waals surface area contributed by atoms with E-state index in [1.54, 1.807) is 0 Å². The number of hydrogen-bond acceptors (Lipinski definition) is 3. The van der Waals surface area contributed by atoms with E-state index in [9.17, 15) is 0 Å². The van der Waals surface area contributed by atoms with Crippen LogP contribution in [-0.4, -0.2) is 33.8 Å². The van der Waals surface area contributed by atoms with Gasteiger partial charge in [-0.25, -0.2) is 0 Å². The molecule has 1 aliphatic heterocycles. The maximum absolute atomic E-state index is 5.94. The largest absolute Gasteiger partial charge is 0.370 e. The first kappa shape index (κ1) is 16.5. The molecule has 0 saturated carbocycles. The van der Waals surface area contributed by atoms with E-state index in [2.05, 4.69) is 37.2 Å². The Morgan fingerprint density at radius 3 is 2.88 bits per heavy atom. The Kier molecular flexibility index (Phi) is 5.82. The van der Waals surface area contributed by atoms with Gasteiger partial charge in [0.2, 0.25) is 0 Å². The zero-order valence-corrected chi connectivity index (χ0v) is 14.1. The number of hydrogen-bond donors (Lipinski definition) is 2. The Labute approximate surface area is 143 Å². The second-order valence-corrected chi connectivity index (χ2v) is 6.17. The molecule has 1 aromatic carbocycles. The molecule has 0 aliphatic carbocycles. The van der Waals surface area contributed by atoms with E-state index in [0.717, 1.165) is 44.0 Å². The molecular weight excluding hydrogens is 300 g/mol. The highest BCUT2D eigenvalue weighted by Gasteiger charge is 2.13. The number of guanidine groups is 1. The lowest BCUT2D eigenvalue weighted by Crippen LogP contribution is -2.33. The van der Waals surface area contributed by atoms with Gasteiger partial charge in [-0.3, -0.25) is 4.99 Å². The molecule has 1 aromatic heterocycles. The number of nitrogens with two attached hydrogens (primary N) is 1. The maximum atomic E-state index is 5.94. The quantitative estimate of drug-likeness (QED) is 0.625. The zero-order valence-electron chi connectivity index (χ0n) is 14.1. The molecule has 3 rings (SSSR count). The lowest BCUT2D eigenvalue weighted by atomic mass is 10.1. The van der Waals surface area contributed by atoms with Crippen molar-refractivity contribution in [2.75, 3.05) is 13.1 Å². The van der Waals surface area contributed by atoms with Crippen molar-refractivity contribution in [2.24, 2.45) is 10.7 Å². The first-order chi connectivity index (χ1) is 11.8. The van der Waals surface area contributed by atoms with Crippen molar-refractivity contribution in [1.29, 1.82) is 0 Å². The van der Waals surface area contributed by atoms with Gasteiger partial charge in [-0.05, 0) is 24.8 Å². The third kappa shape index (κ3) is 4.57. The van der Waals surface area contributed by atoms with Gasteiger partial charge in [0.25, 0.3) is 0 Å². The lowest BCUT2D eigenvalue weighted by Gasteiger charge is -2.07. The highest BCUT2D eigenvalue weighted by molar-refractivity contribution is 5.77. The van der Waals surface area contributed by atoms with E-state index in [1.165, 1.54) is 24.8 Å². The molecule has 0 spiro atoms. The average molecular weight is 326 g/mol. The number of rotatable bonds is 6. The molecule has 0 unspecified atom stereocenters. The molecule has 24 heavy (non-hydrogen) atoms. The highest BCUT2D eigenvalue weighted by atomic mass is 15.3. The number of aliphatic imine (C=N–C) groups is 1. The highest BCUT2D eigenvalue weighted by Crippen LogP contribution is 2.14. The smallest absolute Gasteiger partial charge is 0.188 e. The van der Waals surface area contributed by atoms with Gasteiger partial charge < -0.3 is 15.6 Å². The minimum absolute atomic E-state index is 0.501. The molecule has 2 aromatic rings. The number of aryl methyl sites for hydroxylation is 1. The molecule has 0 atom stereocenters. The second-order valence-electron chi connectivity index (χ2n) is 6.17. The normalized spacial score (nSPS) is 14.9. The molecule has 0 bridgehead atoms. The molecule has 0 amide bonds. The van der Waals surface area contributed by atoms with Crippen LogP contribution in [0.3, 0.4) is 0 Å².